The van der Waals surface area contributed by atoms with Crippen molar-refractivity contribution in [2.75, 3.05) is 49.5 Å². The number of amides is 1. The van der Waals surface area contributed by atoms with Crippen LogP contribution in [0.1, 0.15) is 12.6 Å². The van der Waals surface area contributed by atoms with Crippen LogP contribution >= 0.6 is 11.6 Å². The van der Waals surface area contributed by atoms with Crippen molar-refractivity contribution in [2.24, 2.45) is 0 Å². The molecule has 0 saturated carbocycles. The number of hydrogen-bond acceptors (Lipinski definition) is 7. The lowest BCUT2D eigenvalue weighted by Crippen LogP contribution is -2.48. The fourth-order valence-electron chi connectivity index (χ4n) is 3.63. The van der Waals surface area contributed by atoms with E-state index in [-0.39, 0.29) is 11.6 Å². The number of piperazine rings is 1. The standard InChI is InChI=1S/C24H24ClN5O3/c1-2-32-20-9-7-19(8-10-20)27-22(31)16-29-11-13-30(14-12-29)24-21(15-26)28-23(33-24)17-3-5-18(25)6-4-17/h3-10H,2,11-14,16H2,1H3,(H,27,31). The quantitative estimate of drug-likeness (QED) is 0.563. The molecule has 1 saturated heterocycles. The Bertz CT molecular complexity index is 1130. The number of benzene rings is 2. The van der Waals surface area contributed by atoms with Crippen molar-refractivity contribution in [2.45, 2.75) is 6.92 Å². The van der Waals surface area contributed by atoms with Gasteiger partial charge in [-0.05, 0) is 55.5 Å². The van der Waals surface area contributed by atoms with E-state index in [4.69, 9.17) is 20.8 Å². The molecule has 1 aliphatic rings. The molecule has 1 amide bonds. The van der Waals surface area contributed by atoms with Crippen LogP contribution in [0.5, 0.6) is 5.75 Å². The highest BCUT2D eigenvalue weighted by Crippen LogP contribution is 2.29. The Kier molecular flexibility index (Phi) is 7.13. The summed E-state index contributed by atoms with van der Waals surface area (Å²) in [5.41, 5.74) is 1.74. The highest BCUT2D eigenvalue weighted by atomic mass is 35.5. The Balaban J connectivity index is 1.32. The van der Waals surface area contributed by atoms with Crippen molar-refractivity contribution in [1.82, 2.24) is 9.88 Å². The average Bonchev–Trinajstić information content (AvgIpc) is 3.26. The molecular weight excluding hydrogens is 442 g/mol. The lowest BCUT2D eigenvalue weighted by Gasteiger charge is -2.34. The van der Waals surface area contributed by atoms with E-state index in [1.54, 1.807) is 24.3 Å². The summed E-state index contributed by atoms with van der Waals surface area (Å²) in [4.78, 5) is 20.8. The first kappa shape index (κ1) is 22.6. The molecule has 0 aliphatic carbocycles. The highest BCUT2D eigenvalue weighted by Gasteiger charge is 2.25. The number of nitrogens with one attached hydrogen (secondary N) is 1. The smallest absolute Gasteiger partial charge is 0.238 e. The summed E-state index contributed by atoms with van der Waals surface area (Å²) < 4.78 is 11.4. The molecule has 0 bridgehead atoms. The molecule has 2 heterocycles. The summed E-state index contributed by atoms with van der Waals surface area (Å²) in [5, 5.41) is 13.1. The second-order valence-corrected chi connectivity index (χ2v) is 8.00. The Morgan fingerprint density at radius 3 is 2.48 bits per heavy atom. The number of nitriles is 1. The molecule has 33 heavy (non-hydrogen) atoms. The topological polar surface area (TPSA) is 94.6 Å². The van der Waals surface area contributed by atoms with E-state index < -0.39 is 0 Å². The minimum absolute atomic E-state index is 0.0741. The minimum Gasteiger partial charge on any atom is -0.494 e. The number of oxazole rings is 1. The summed E-state index contributed by atoms with van der Waals surface area (Å²) >= 11 is 5.95. The van der Waals surface area contributed by atoms with Gasteiger partial charge in [0.05, 0.1) is 13.2 Å². The van der Waals surface area contributed by atoms with E-state index in [9.17, 15) is 10.1 Å². The Hall–Kier alpha value is -3.54. The first-order chi connectivity index (χ1) is 16.1. The first-order valence-electron chi connectivity index (χ1n) is 10.7. The van der Waals surface area contributed by atoms with E-state index >= 15 is 0 Å². The van der Waals surface area contributed by atoms with Crippen molar-refractivity contribution in [3.63, 3.8) is 0 Å². The molecule has 1 aromatic heterocycles. The van der Waals surface area contributed by atoms with E-state index in [0.717, 1.165) is 17.0 Å². The van der Waals surface area contributed by atoms with Crippen LogP contribution in [-0.4, -0.2) is 55.1 Å². The van der Waals surface area contributed by atoms with Gasteiger partial charge < -0.3 is 19.4 Å². The van der Waals surface area contributed by atoms with E-state index in [0.29, 0.717) is 56.1 Å². The average molecular weight is 466 g/mol. The van der Waals surface area contributed by atoms with E-state index in [2.05, 4.69) is 21.3 Å². The molecule has 0 atom stereocenters. The highest BCUT2D eigenvalue weighted by molar-refractivity contribution is 6.30. The number of ether oxygens (including phenoxy) is 1. The number of rotatable bonds is 7. The summed E-state index contributed by atoms with van der Waals surface area (Å²) in [6, 6.07) is 16.6. The number of anilines is 2. The van der Waals surface area contributed by atoms with Gasteiger partial charge in [0.2, 0.25) is 23.4 Å². The zero-order valence-corrected chi connectivity index (χ0v) is 19.0. The zero-order valence-electron chi connectivity index (χ0n) is 18.3. The van der Waals surface area contributed by atoms with Crippen LogP contribution in [0.4, 0.5) is 11.6 Å². The third kappa shape index (κ3) is 5.64. The molecular formula is C24H24ClN5O3. The number of halogens is 1. The van der Waals surface area contributed by atoms with Crippen LogP contribution in [0.2, 0.25) is 5.02 Å². The number of carbonyl (C=O) groups excluding carboxylic acids is 1. The van der Waals surface area contributed by atoms with Gasteiger partial charge in [-0.1, -0.05) is 11.6 Å². The SMILES string of the molecule is CCOc1ccc(NC(=O)CN2CCN(c3oc(-c4ccc(Cl)cc4)nc3C#N)CC2)cc1. The third-order valence-electron chi connectivity index (χ3n) is 5.28. The summed E-state index contributed by atoms with van der Waals surface area (Å²) in [5.74, 6) is 1.54. The normalized spacial score (nSPS) is 14.0. The molecule has 170 valence electrons. The van der Waals surface area contributed by atoms with Crippen LogP contribution in [0, 0.1) is 11.3 Å². The van der Waals surface area contributed by atoms with Gasteiger partial charge in [-0.15, -0.1) is 0 Å². The maximum absolute atomic E-state index is 12.4. The molecule has 4 rings (SSSR count). The largest absolute Gasteiger partial charge is 0.494 e. The minimum atomic E-state index is -0.0741. The lowest BCUT2D eigenvalue weighted by molar-refractivity contribution is -0.117. The molecule has 2 aromatic carbocycles. The van der Waals surface area contributed by atoms with Crippen LogP contribution < -0.4 is 15.0 Å². The molecule has 3 aromatic rings. The van der Waals surface area contributed by atoms with Gasteiger partial charge in [-0.2, -0.15) is 10.2 Å². The Morgan fingerprint density at radius 1 is 1.15 bits per heavy atom. The fourth-order valence-corrected chi connectivity index (χ4v) is 3.76. The first-order valence-corrected chi connectivity index (χ1v) is 11.1. The van der Waals surface area contributed by atoms with Crippen molar-refractivity contribution in [3.8, 4) is 23.3 Å². The van der Waals surface area contributed by atoms with Gasteiger partial charge in [0, 0.05) is 42.5 Å². The van der Waals surface area contributed by atoms with E-state index in [1.165, 1.54) is 0 Å². The van der Waals surface area contributed by atoms with Gasteiger partial charge in [0.15, 0.2) is 0 Å². The molecule has 0 radical (unpaired) electrons. The zero-order chi connectivity index (χ0) is 23.2. The monoisotopic (exact) mass is 465 g/mol. The van der Waals surface area contributed by atoms with E-state index in [1.807, 2.05) is 36.1 Å². The predicted octanol–water partition coefficient (Wildman–Crippen LogP) is 4.03. The van der Waals surface area contributed by atoms with Gasteiger partial charge in [-0.3, -0.25) is 9.69 Å². The maximum atomic E-state index is 12.4. The summed E-state index contributed by atoms with van der Waals surface area (Å²) in [6.45, 7) is 5.40. The molecule has 1 aliphatic heterocycles. The second kappa shape index (κ2) is 10.4. The Labute approximate surface area is 197 Å². The number of hydrogen-bond donors (Lipinski definition) is 1. The summed E-state index contributed by atoms with van der Waals surface area (Å²) in [7, 11) is 0. The second-order valence-electron chi connectivity index (χ2n) is 7.56. The lowest BCUT2D eigenvalue weighted by atomic mass is 10.2. The molecule has 1 N–H and O–H groups in total. The summed E-state index contributed by atoms with van der Waals surface area (Å²) in [6.07, 6.45) is 0. The molecule has 0 spiro atoms. The molecule has 8 nitrogen and oxygen atoms in total. The molecule has 0 unspecified atom stereocenters. The number of aromatic nitrogens is 1. The van der Waals surface area contributed by atoms with Crippen molar-refractivity contribution < 1.29 is 13.9 Å². The van der Waals surface area contributed by atoms with Gasteiger partial charge in [0.1, 0.15) is 11.8 Å². The van der Waals surface area contributed by atoms with Crippen LogP contribution in [0.25, 0.3) is 11.5 Å². The van der Waals surface area contributed by atoms with Gasteiger partial charge in [-0.25, -0.2) is 0 Å². The molecule has 1 fully saturated rings. The maximum Gasteiger partial charge on any atom is 0.238 e. The molecule has 9 heteroatoms. The van der Waals surface area contributed by atoms with Crippen LogP contribution in [0.15, 0.2) is 52.9 Å². The number of nitrogens with zero attached hydrogens (tertiary/aromatic N) is 4. The predicted molar refractivity (Wildman–Crippen MR) is 127 cm³/mol. The fraction of sp³-hybridized carbons (Fsp3) is 0.292. The van der Waals surface area contributed by atoms with Gasteiger partial charge in [0.25, 0.3) is 0 Å². The number of carbonyl (C=O) groups is 1. The van der Waals surface area contributed by atoms with Gasteiger partial charge >= 0.3 is 0 Å². The van der Waals surface area contributed by atoms with Crippen molar-refractivity contribution >= 4 is 29.1 Å². The van der Waals surface area contributed by atoms with Crippen molar-refractivity contribution in [1.29, 1.82) is 5.26 Å². The van der Waals surface area contributed by atoms with Crippen LogP contribution in [0.3, 0.4) is 0 Å². The van der Waals surface area contributed by atoms with Crippen LogP contribution in [-0.2, 0) is 4.79 Å². The Morgan fingerprint density at radius 2 is 1.85 bits per heavy atom. The van der Waals surface area contributed by atoms with Crippen molar-refractivity contribution in [3.05, 3.63) is 59.2 Å². The third-order valence-corrected chi connectivity index (χ3v) is 5.53.